The maximum atomic E-state index is 3.96. The van der Waals surface area contributed by atoms with Gasteiger partial charge in [-0.3, -0.25) is 0 Å². The van der Waals surface area contributed by atoms with Crippen LogP contribution < -0.4 is 0 Å². The monoisotopic (exact) mass is 188 g/mol. The molecule has 0 unspecified atom stereocenters. The summed E-state index contributed by atoms with van der Waals surface area (Å²) in [6, 6.07) is 0. The van der Waals surface area contributed by atoms with E-state index in [9.17, 15) is 0 Å². The first kappa shape index (κ1) is 6.69. The van der Waals surface area contributed by atoms with Crippen LogP contribution in [0.15, 0.2) is 10.8 Å². The van der Waals surface area contributed by atoms with E-state index in [-0.39, 0.29) is 0 Å². The van der Waals surface area contributed by atoms with Crippen LogP contribution >= 0.6 is 35.1 Å². The quantitative estimate of drug-likeness (QED) is 0.675. The summed E-state index contributed by atoms with van der Waals surface area (Å²) in [6.07, 6.45) is 0. The van der Waals surface area contributed by atoms with E-state index in [0.29, 0.717) is 0 Å². The molecule has 0 atom stereocenters. The molecule has 2 nitrogen and oxygen atoms in total. The average molecular weight is 188 g/mol. The SMILES string of the molecule is C1=C(c2csnn2)SCS1. The molecule has 0 fully saturated rings. The molecule has 0 saturated carbocycles. The Hall–Kier alpha value is 0. The van der Waals surface area contributed by atoms with Crippen molar-refractivity contribution >= 4 is 40.0 Å². The van der Waals surface area contributed by atoms with Crippen molar-refractivity contribution < 1.29 is 0 Å². The number of hydrogen-bond acceptors (Lipinski definition) is 5. The minimum atomic E-state index is 1.03. The minimum Gasteiger partial charge on any atom is -0.137 e. The Labute approximate surface area is 71.3 Å². The molecule has 0 radical (unpaired) electrons. The van der Waals surface area contributed by atoms with Crippen LogP contribution in [0.25, 0.3) is 4.91 Å². The van der Waals surface area contributed by atoms with E-state index in [0.717, 1.165) is 10.8 Å². The van der Waals surface area contributed by atoms with Gasteiger partial charge in [-0.15, -0.1) is 28.6 Å². The standard InChI is InChI=1S/C5H4N2S3/c1-4(6-7-10-1)5-2-8-3-9-5/h1-2H,3H2. The number of hydrogen-bond donors (Lipinski definition) is 0. The van der Waals surface area contributed by atoms with Gasteiger partial charge in [0.15, 0.2) is 0 Å². The van der Waals surface area contributed by atoms with Crippen molar-refractivity contribution in [2.45, 2.75) is 0 Å². The summed E-state index contributed by atoms with van der Waals surface area (Å²) in [6.45, 7) is 0. The molecule has 2 heterocycles. The summed E-state index contributed by atoms with van der Waals surface area (Å²) in [5, 5.41) is 9.20. The Kier molecular flexibility index (Phi) is 1.97. The predicted octanol–water partition coefficient (Wildman–Crippen LogP) is 2.27. The summed E-state index contributed by atoms with van der Waals surface area (Å²) in [5.74, 6) is 0. The van der Waals surface area contributed by atoms with E-state index in [1.807, 2.05) is 28.9 Å². The van der Waals surface area contributed by atoms with E-state index >= 15 is 0 Å². The molecule has 0 aromatic carbocycles. The Morgan fingerprint density at radius 2 is 2.50 bits per heavy atom. The van der Waals surface area contributed by atoms with Crippen LogP contribution in [0, 0.1) is 0 Å². The van der Waals surface area contributed by atoms with Gasteiger partial charge in [0, 0.05) is 15.4 Å². The van der Waals surface area contributed by atoms with Gasteiger partial charge in [0.05, 0.1) is 0 Å². The third-order valence-electron chi connectivity index (χ3n) is 1.09. The van der Waals surface area contributed by atoms with Crippen LogP contribution in [0.1, 0.15) is 5.69 Å². The van der Waals surface area contributed by atoms with Gasteiger partial charge in [-0.05, 0) is 16.9 Å². The Balaban J connectivity index is 2.28. The van der Waals surface area contributed by atoms with Crippen LogP contribution in [0.4, 0.5) is 0 Å². The number of thioether (sulfide) groups is 2. The van der Waals surface area contributed by atoms with Crippen LogP contribution in [0.5, 0.6) is 0 Å². The number of nitrogens with zero attached hydrogens (tertiary/aromatic N) is 2. The first-order valence-corrected chi connectivity index (χ1v) is 5.56. The molecule has 1 aromatic rings. The zero-order valence-electron chi connectivity index (χ0n) is 4.98. The zero-order chi connectivity index (χ0) is 6.81. The van der Waals surface area contributed by atoms with E-state index in [4.69, 9.17) is 0 Å². The second-order valence-electron chi connectivity index (χ2n) is 1.70. The van der Waals surface area contributed by atoms with Crippen molar-refractivity contribution in [1.82, 2.24) is 9.59 Å². The van der Waals surface area contributed by atoms with Crippen molar-refractivity contribution in [3.63, 3.8) is 0 Å². The van der Waals surface area contributed by atoms with E-state index < -0.39 is 0 Å². The van der Waals surface area contributed by atoms with Crippen molar-refractivity contribution in [3.05, 3.63) is 16.5 Å². The van der Waals surface area contributed by atoms with Gasteiger partial charge in [0.1, 0.15) is 5.69 Å². The predicted molar refractivity (Wildman–Crippen MR) is 47.9 cm³/mol. The largest absolute Gasteiger partial charge is 0.137 e. The molecule has 0 spiro atoms. The summed E-state index contributed by atoms with van der Waals surface area (Å²) < 4.78 is 3.80. The van der Waals surface area contributed by atoms with Gasteiger partial charge in [0.2, 0.25) is 0 Å². The van der Waals surface area contributed by atoms with Gasteiger partial charge in [-0.25, -0.2) is 0 Å². The van der Waals surface area contributed by atoms with Crippen LogP contribution in [-0.2, 0) is 0 Å². The van der Waals surface area contributed by atoms with Crippen LogP contribution in [0.3, 0.4) is 0 Å². The van der Waals surface area contributed by atoms with Crippen molar-refractivity contribution in [2.75, 3.05) is 5.08 Å². The Bertz CT molecular complexity index is 241. The van der Waals surface area contributed by atoms with Gasteiger partial charge in [0.25, 0.3) is 0 Å². The highest BCUT2D eigenvalue weighted by Crippen LogP contribution is 2.38. The van der Waals surface area contributed by atoms with Gasteiger partial charge < -0.3 is 0 Å². The summed E-state index contributed by atoms with van der Waals surface area (Å²) in [4.78, 5) is 1.26. The summed E-state index contributed by atoms with van der Waals surface area (Å²) >= 11 is 5.05. The summed E-state index contributed by atoms with van der Waals surface area (Å²) in [5.41, 5.74) is 1.03. The first-order chi connectivity index (χ1) is 4.97. The van der Waals surface area contributed by atoms with E-state index in [1.54, 1.807) is 0 Å². The second kappa shape index (κ2) is 2.94. The molecule has 10 heavy (non-hydrogen) atoms. The molecule has 52 valence electrons. The van der Waals surface area contributed by atoms with Crippen LogP contribution in [-0.4, -0.2) is 14.7 Å². The van der Waals surface area contributed by atoms with E-state index in [1.165, 1.54) is 16.4 Å². The topological polar surface area (TPSA) is 25.8 Å². The number of aromatic nitrogens is 2. The fourth-order valence-electron chi connectivity index (χ4n) is 0.648. The molecular weight excluding hydrogens is 184 g/mol. The number of rotatable bonds is 1. The van der Waals surface area contributed by atoms with Crippen LogP contribution in [0.2, 0.25) is 0 Å². The lowest BCUT2D eigenvalue weighted by atomic mass is 10.5. The van der Waals surface area contributed by atoms with Crippen molar-refractivity contribution in [1.29, 1.82) is 0 Å². The maximum absolute atomic E-state index is 3.96. The molecule has 2 rings (SSSR count). The van der Waals surface area contributed by atoms with Crippen molar-refractivity contribution in [3.8, 4) is 0 Å². The fourth-order valence-corrected chi connectivity index (χ4v) is 3.23. The molecule has 0 bridgehead atoms. The zero-order valence-corrected chi connectivity index (χ0v) is 7.43. The smallest absolute Gasteiger partial charge is 0.112 e. The molecule has 0 N–H and O–H groups in total. The molecule has 1 aliphatic heterocycles. The Morgan fingerprint density at radius 1 is 1.50 bits per heavy atom. The van der Waals surface area contributed by atoms with Crippen molar-refractivity contribution in [2.24, 2.45) is 0 Å². The Morgan fingerprint density at radius 3 is 3.10 bits per heavy atom. The molecule has 1 aliphatic rings. The summed E-state index contributed by atoms with van der Waals surface area (Å²) in [7, 11) is 0. The molecule has 1 aromatic heterocycles. The first-order valence-electron chi connectivity index (χ1n) is 2.69. The highest BCUT2D eigenvalue weighted by atomic mass is 32.2. The third-order valence-corrected chi connectivity index (χ3v) is 3.80. The third kappa shape index (κ3) is 1.21. The van der Waals surface area contributed by atoms with Gasteiger partial charge in [-0.1, -0.05) is 4.49 Å². The maximum Gasteiger partial charge on any atom is 0.112 e. The lowest BCUT2D eigenvalue weighted by Crippen LogP contribution is -1.75. The second-order valence-corrected chi connectivity index (χ2v) is 4.55. The van der Waals surface area contributed by atoms with Gasteiger partial charge >= 0.3 is 0 Å². The average Bonchev–Trinajstić information content (AvgIpc) is 2.59. The highest BCUT2D eigenvalue weighted by molar-refractivity contribution is 8.25. The lowest BCUT2D eigenvalue weighted by molar-refractivity contribution is 1.14. The van der Waals surface area contributed by atoms with E-state index in [2.05, 4.69) is 15.0 Å². The normalized spacial score (nSPS) is 17.4. The fraction of sp³-hybridized carbons (Fsp3) is 0.200. The molecule has 0 amide bonds. The molecule has 0 aliphatic carbocycles. The lowest BCUT2D eigenvalue weighted by Gasteiger charge is -1.89. The molecule has 5 heteroatoms. The van der Waals surface area contributed by atoms with Gasteiger partial charge in [-0.2, -0.15) is 0 Å². The minimum absolute atomic E-state index is 1.03. The molecular formula is C5H4N2S3. The highest BCUT2D eigenvalue weighted by Gasteiger charge is 2.09. The molecule has 0 saturated heterocycles.